The Labute approximate surface area is 80.3 Å². The Hall–Kier alpha value is 0.174. The van der Waals surface area contributed by atoms with Crippen molar-refractivity contribution >= 4 is 17.6 Å². The van der Waals surface area contributed by atoms with Crippen molar-refractivity contribution in [3.8, 4) is 0 Å². The van der Waals surface area contributed by atoms with E-state index in [9.17, 15) is 0 Å². The maximum Gasteiger partial charge on any atom is 0.0344 e. The fourth-order valence-electron chi connectivity index (χ4n) is 2.59. The van der Waals surface area contributed by atoms with Crippen LogP contribution in [0.3, 0.4) is 0 Å². The van der Waals surface area contributed by atoms with Crippen molar-refractivity contribution in [3.63, 3.8) is 0 Å². The molecule has 2 heteroatoms. The van der Waals surface area contributed by atoms with Gasteiger partial charge in [0.1, 0.15) is 0 Å². The normalized spacial score (nSPS) is 22.2. The van der Waals surface area contributed by atoms with Gasteiger partial charge in [-0.3, -0.25) is 0 Å². The van der Waals surface area contributed by atoms with Gasteiger partial charge < -0.3 is 0 Å². The molecule has 1 aliphatic carbocycles. The molecule has 0 amide bonds. The summed E-state index contributed by atoms with van der Waals surface area (Å²) in [4.78, 5) is 0. The van der Waals surface area contributed by atoms with Crippen LogP contribution in [0.1, 0.15) is 19.3 Å². The van der Waals surface area contributed by atoms with Crippen LogP contribution in [-0.4, -0.2) is 17.6 Å². The summed E-state index contributed by atoms with van der Waals surface area (Å²) >= 11 is 0. The highest BCUT2D eigenvalue weighted by Crippen LogP contribution is 2.45. The van der Waals surface area contributed by atoms with Crippen molar-refractivity contribution in [2.45, 2.75) is 50.1 Å². The Morgan fingerprint density at radius 3 is 1.83 bits per heavy atom. The molecule has 1 rings (SSSR count). The lowest BCUT2D eigenvalue weighted by atomic mass is 10.1. The lowest BCUT2D eigenvalue weighted by Gasteiger charge is -2.41. The first-order valence-electron chi connectivity index (χ1n) is 5.24. The lowest BCUT2D eigenvalue weighted by molar-refractivity contribution is 0.637. The van der Waals surface area contributed by atoms with E-state index in [4.69, 9.17) is 0 Å². The van der Waals surface area contributed by atoms with Crippen LogP contribution in [-0.2, 0) is 0 Å². The summed E-state index contributed by atoms with van der Waals surface area (Å²) in [6, 6.07) is 0. The summed E-state index contributed by atoms with van der Waals surface area (Å²) in [5.74, 6) is 0. The third-order valence-electron chi connectivity index (χ3n) is 3.74. The molecule has 0 atom stereocenters. The van der Waals surface area contributed by atoms with Crippen molar-refractivity contribution in [1.82, 2.24) is 0 Å². The van der Waals surface area contributed by atoms with Crippen LogP contribution in [0, 0.1) is 0 Å². The van der Waals surface area contributed by atoms with E-state index in [1.54, 1.807) is 0 Å². The summed E-state index contributed by atoms with van der Waals surface area (Å²) in [6.07, 6.45) is 9.11. The van der Waals surface area contributed by atoms with Gasteiger partial charge in [0.05, 0.1) is 0 Å². The van der Waals surface area contributed by atoms with Gasteiger partial charge in [-0.1, -0.05) is 38.3 Å². The molecule has 0 nitrogen and oxygen atoms in total. The molecule has 0 heterocycles. The van der Waals surface area contributed by atoms with Gasteiger partial charge in [0.15, 0.2) is 0 Å². The minimum absolute atomic E-state index is 0.435. The SMILES string of the molecule is C[SiH](C)C1([SiH](C)C)CC=CCC1. The summed E-state index contributed by atoms with van der Waals surface area (Å²) in [6.45, 7) is 10.2. The summed E-state index contributed by atoms with van der Waals surface area (Å²) < 4.78 is 0.870. The standard InChI is InChI=1S/C10H22Si2/c1-11(2)10(12(3)4)8-6-5-7-9-10/h5-6,11-12H,7-9H2,1-4H3. The van der Waals surface area contributed by atoms with Crippen LogP contribution in [0.15, 0.2) is 12.2 Å². The first-order chi connectivity index (χ1) is 5.59. The van der Waals surface area contributed by atoms with Crippen molar-refractivity contribution in [2.24, 2.45) is 0 Å². The number of hydrogen-bond donors (Lipinski definition) is 0. The van der Waals surface area contributed by atoms with Crippen molar-refractivity contribution in [1.29, 1.82) is 0 Å². The molecular weight excluding hydrogens is 176 g/mol. The summed E-state index contributed by atoms with van der Waals surface area (Å²) in [7, 11) is -0.870. The second-order valence-electron chi connectivity index (χ2n) is 4.76. The van der Waals surface area contributed by atoms with Gasteiger partial charge in [0.2, 0.25) is 0 Å². The van der Waals surface area contributed by atoms with Gasteiger partial charge in [-0.05, 0) is 23.9 Å². The van der Waals surface area contributed by atoms with Crippen LogP contribution in [0.2, 0.25) is 30.8 Å². The van der Waals surface area contributed by atoms with Crippen molar-refractivity contribution < 1.29 is 0 Å². The van der Waals surface area contributed by atoms with Crippen LogP contribution in [0.4, 0.5) is 0 Å². The first kappa shape index (κ1) is 10.3. The maximum absolute atomic E-state index is 2.55. The molecule has 12 heavy (non-hydrogen) atoms. The van der Waals surface area contributed by atoms with Gasteiger partial charge >= 0.3 is 0 Å². The highest BCUT2D eigenvalue weighted by Gasteiger charge is 2.37. The molecule has 1 aliphatic rings. The Morgan fingerprint density at radius 1 is 1.00 bits per heavy atom. The number of allylic oxidation sites excluding steroid dienone is 2. The molecule has 0 aromatic carbocycles. The first-order valence-corrected chi connectivity index (χ1v) is 11.0. The van der Waals surface area contributed by atoms with E-state index < -0.39 is 17.6 Å². The Balaban J connectivity index is 2.79. The minimum Gasteiger partial charge on any atom is -0.0886 e. The monoisotopic (exact) mass is 198 g/mol. The average Bonchev–Trinajstić information content (AvgIpc) is 2.05. The topological polar surface area (TPSA) is 0 Å². The van der Waals surface area contributed by atoms with Crippen LogP contribution < -0.4 is 0 Å². The molecule has 70 valence electrons. The molecule has 0 bridgehead atoms. The molecule has 0 unspecified atom stereocenters. The quantitative estimate of drug-likeness (QED) is 0.473. The van der Waals surface area contributed by atoms with E-state index in [-0.39, 0.29) is 0 Å². The van der Waals surface area contributed by atoms with Crippen LogP contribution in [0.25, 0.3) is 0 Å². The minimum atomic E-state index is -0.435. The molecule has 0 fully saturated rings. The number of hydrogen-bond acceptors (Lipinski definition) is 0. The number of rotatable bonds is 2. The van der Waals surface area contributed by atoms with Gasteiger partial charge in [0, 0.05) is 17.6 Å². The van der Waals surface area contributed by atoms with E-state index in [1.165, 1.54) is 19.3 Å². The van der Waals surface area contributed by atoms with E-state index in [0.717, 1.165) is 4.66 Å². The smallest absolute Gasteiger partial charge is 0.0344 e. The van der Waals surface area contributed by atoms with E-state index in [2.05, 4.69) is 38.3 Å². The second kappa shape index (κ2) is 3.92. The zero-order valence-corrected chi connectivity index (χ0v) is 11.2. The van der Waals surface area contributed by atoms with Crippen molar-refractivity contribution in [3.05, 3.63) is 12.2 Å². The Kier molecular flexibility index (Phi) is 3.35. The largest absolute Gasteiger partial charge is 0.0886 e. The van der Waals surface area contributed by atoms with Gasteiger partial charge in [-0.25, -0.2) is 0 Å². The summed E-state index contributed by atoms with van der Waals surface area (Å²) in [5, 5.41) is 0. The molecule has 0 aromatic rings. The molecule has 0 aliphatic heterocycles. The Bertz CT molecular complexity index is 163. The fourth-order valence-corrected chi connectivity index (χ4v) is 10.6. The third-order valence-corrected chi connectivity index (χ3v) is 13.4. The van der Waals surface area contributed by atoms with E-state index in [0.29, 0.717) is 0 Å². The fraction of sp³-hybridized carbons (Fsp3) is 0.800. The molecule has 0 radical (unpaired) electrons. The molecule has 0 saturated carbocycles. The molecule has 0 spiro atoms. The second-order valence-corrected chi connectivity index (χ2v) is 12.3. The van der Waals surface area contributed by atoms with Gasteiger partial charge in [-0.15, -0.1) is 0 Å². The predicted octanol–water partition coefficient (Wildman–Crippen LogP) is 2.98. The van der Waals surface area contributed by atoms with E-state index >= 15 is 0 Å². The highest BCUT2D eigenvalue weighted by molar-refractivity contribution is 6.80. The third kappa shape index (κ3) is 1.74. The van der Waals surface area contributed by atoms with Crippen LogP contribution >= 0.6 is 0 Å². The molecule has 0 saturated heterocycles. The zero-order chi connectivity index (χ0) is 9.19. The highest BCUT2D eigenvalue weighted by atomic mass is 28.3. The predicted molar refractivity (Wildman–Crippen MR) is 63.4 cm³/mol. The maximum atomic E-state index is 2.55. The van der Waals surface area contributed by atoms with Crippen molar-refractivity contribution in [2.75, 3.05) is 0 Å². The molecule has 0 N–H and O–H groups in total. The zero-order valence-electron chi connectivity index (χ0n) is 8.93. The van der Waals surface area contributed by atoms with E-state index in [1.807, 2.05) is 0 Å². The summed E-state index contributed by atoms with van der Waals surface area (Å²) in [5.41, 5.74) is 0. The lowest BCUT2D eigenvalue weighted by Crippen LogP contribution is -2.39. The molecule has 0 aromatic heterocycles. The van der Waals surface area contributed by atoms with Gasteiger partial charge in [0.25, 0.3) is 0 Å². The average molecular weight is 198 g/mol. The Morgan fingerprint density at radius 2 is 1.58 bits per heavy atom. The van der Waals surface area contributed by atoms with Gasteiger partial charge in [-0.2, -0.15) is 0 Å². The molecular formula is C10H22Si2. The van der Waals surface area contributed by atoms with Crippen LogP contribution in [0.5, 0.6) is 0 Å².